The quantitative estimate of drug-likeness (QED) is 0.596. The summed E-state index contributed by atoms with van der Waals surface area (Å²) in [6, 6.07) is 2.42. The number of hydrogen-bond donors (Lipinski definition) is 3. The standard InChI is InChI=1S/C13H11FO5S/c1-5(13(18)19)2-7(15)10-3-6-9(20-10)4-8(16)12(17)11(6)14/h3-5,16-17H,2H2,1H3,(H,18,19). The van der Waals surface area contributed by atoms with E-state index in [1.807, 2.05) is 0 Å². The molecular formula is C13H11FO5S. The van der Waals surface area contributed by atoms with Gasteiger partial charge in [0, 0.05) is 22.6 Å². The number of carboxylic acids is 1. The van der Waals surface area contributed by atoms with Gasteiger partial charge in [0.2, 0.25) is 0 Å². The lowest BCUT2D eigenvalue weighted by Crippen LogP contribution is -2.13. The molecule has 0 radical (unpaired) electrons. The molecule has 1 atom stereocenters. The highest BCUT2D eigenvalue weighted by atomic mass is 32.1. The Kier molecular flexibility index (Phi) is 3.63. The lowest BCUT2D eigenvalue weighted by molar-refractivity contribution is -0.141. The molecule has 2 aromatic rings. The fraction of sp³-hybridized carbons (Fsp3) is 0.231. The van der Waals surface area contributed by atoms with E-state index >= 15 is 0 Å². The van der Waals surface area contributed by atoms with Gasteiger partial charge in [0.1, 0.15) is 0 Å². The van der Waals surface area contributed by atoms with Crippen LogP contribution in [0.5, 0.6) is 11.5 Å². The maximum Gasteiger partial charge on any atom is 0.306 e. The predicted octanol–water partition coefficient (Wildman–Crippen LogP) is 2.75. The van der Waals surface area contributed by atoms with Crippen molar-refractivity contribution in [1.29, 1.82) is 0 Å². The third kappa shape index (κ3) is 2.44. The first-order chi connectivity index (χ1) is 9.31. The molecule has 1 aromatic heterocycles. The Balaban J connectivity index is 2.40. The van der Waals surface area contributed by atoms with Crippen LogP contribution in [0.4, 0.5) is 4.39 Å². The molecule has 0 bridgehead atoms. The number of Topliss-reactive ketones (excluding diaryl/α,β-unsaturated/α-hetero) is 1. The summed E-state index contributed by atoms with van der Waals surface area (Å²) in [6.45, 7) is 1.41. The SMILES string of the molecule is CC(CC(=O)c1cc2c(F)c(O)c(O)cc2s1)C(=O)O. The fourth-order valence-electron chi connectivity index (χ4n) is 1.72. The molecule has 0 aliphatic heterocycles. The summed E-state index contributed by atoms with van der Waals surface area (Å²) in [5, 5.41) is 27.4. The van der Waals surface area contributed by atoms with Crippen LogP contribution < -0.4 is 0 Å². The molecule has 0 saturated carbocycles. The Morgan fingerprint density at radius 2 is 2.00 bits per heavy atom. The molecule has 0 saturated heterocycles. The highest BCUT2D eigenvalue weighted by Crippen LogP contribution is 2.38. The normalized spacial score (nSPS) is 12.5. The molecule has 0 spiro atoms. The maximum atomic E-state index is 13.7. The van der Waals surface area contributed by atoms with Gasteiger partial charge in [-0.2, -0.15) is 0 Å². The van der Waals surface area contributed by atoms with Crippen LogP contribution in [0, 0.1) is 11.7 Å². The lowest BCUT2D eigenvalue weighted by Gasteiger charge is -2.02. The summed E-state index contributed by atoms with van der Waals surface area (Å²) in [4.78, 5) is 22.8. The Hall–Kier alpha value is -2.15. The van der Waals surface area contributed by atoms with Crippen molar-refractivity contribution >= 4 is 33.2 Å². The Morgan fingerprint density at radius 3 is 2.60 bits per heavy atom. The van der Waals surface area contributed by atoms with E-state index in [1.54, 1.807) is 0 Å². The van der Waals surface area contributed by atoms with Crippen LogP contribution in [0.15, 0.2) is 12.1 Å². The van der Waals surface area contributed by atoms with E-state index < -0.39 is 35.0 Å². The number of ketones is 1. The van der Waals surface area contributed by atoms with Crippen LogP contribution in [-0.4, -0.2) is 27.1 Å². The van der Waals surface area contributed by atoms with Gasteiger partial charge in [0.25, 0.3) is 0 Å². The topological polar surface area (TPSA) is 94.8 Å². The number of phenolic OH excluding ortho intramolecular Hbond substituents is 2. The molecule has 0 aliphatic rings. The smallest absolute Gasteiger partial charge is 0.306 e. The zero-order valence-electron chi connectivity index (χ0n) is 10.4. The molecule has 2 rings (SSSR count). The number of thiophene rings is 1. The van der Waals surface area contributed by atoms with Crippen molar-refractivity contribution in [3.8, 4) is 11.5 Å². The fourth-order valence-corrected chi connectivity index (χ4v) is 2.76. The minimum atomic E-state index is -1.08. The summed E-state index contributed by atoms with van der Waals surface area (Å²) in [5.41, 5.74) is 0. The van der Waals surface area contributed by atoms with Gasteiger partial charge in [-0.1, -0.05) is 6.92 Å². The van der Waals surface area contributed by atoms with Crippen LogP contribution in [0.3, 0.4) is 0 Å². The third-order valence-electron chi connectivity index (χ3n) is 2.90. The van der Waals surface area contributed by atoms with E-state index in [-0.39, 0.29) is 16.7 Å². The predicted molar refractivity (Wildman–Crippen MR) is 70.9 cm³/mol. The van der Waals surface area contributed by atoms with Crippen molar-refractivity contribution in [3.05, 3.63) is 22.8 Å². The molecule has 7 heteroatoms. The van der Waals surface area contributed by atoms with Gasteiger partial charge in [-0.15, -0.1) is 11.3 Å². The van der Waals surface area contributed by atoms with Crippen LogP contribution >= 0.6 is 11.3 Å². The van der Waals surface area contributed by atoms with E-state index in [0.29, 0.717) is 4.70 Å². The van der Waals surface area contributed by atoms with Gasteiger partial charge in [-0.25, -0.2) is 4.39 Å². The highest BCUT2D eigenvalue weighted by Gasteiger charge is 2.21. The lowest BCUT2D eigenvalue weighted by atomic mass is 10.0. The molecule has 5 nitrogen and oxygen atoms in total. The summed E-state index contributed by atoms with van der Waals surface area (Å²) in [5.74, 6) is -4.80. The van der Waals surface area contributed by atoms with Crippen molar-refractivity contribution in [2.45, 2.75) is 13.3 Å². The summed E-state index contributed by atoms with van der Waals surface area (Å²) >= 11 is 0.943. The number of rotatable bonds is 4. The molecule has 1 heterocycles. The number of phenols is 2. The van der Waals surface area contributed by atoms with Crippen molar-refractivity contribution in [1.82, 2.24) is 0 Å². The zero-order valence-corrected chi connectivity index (χ0v) is 11.2. The average molecular weight is 298 g/mol. The van der Waals surface area contributed by atoms with Gasteiger partial charge < -0.3 is 15.3 Å². The molecule has 3 N–H and O–H groups in total. The van der Waals surface area contributed by atoms with Gasteiger partial charge in [-0.05, 0) is 6.07 Å². The number of hydrogen-bond acceptors (Lipinski definition) is 5. The molecule has 20 heavy (non-hydrogen) atoms. The number of carbonyl (C=O) groups excluding carboxylic acids is 1. The van der Waals surface area contributed by atoms with Gasteiger partial charge in [0.15, 0.2) is 23.1 Å². The number of aromatic hydroxyl groups is 2. The molecule has 1 aromatic carbocycles. The van der Waals surface area contributed by atoms with Crippen LogP contribution in [0.1, 0.15) is 23.0 Å². The third-order valence-corrected chi connectivity index (χ3v) is 4.03. The van der Waals surface area contributed by atoms with Crippen LogP contribution in [0.2, 0.25) is 0 Å². The van der Waals surface area contributed by atoms with Crippen molar-refractivity contribution in [3.63, 3.8) is 0 Å². The minimum Gasteiger partial charge on any atom is -0.504 e. The van der Waals surface area contributed by atoms with E-state index in [4.69, 9.17) is 5.11 Å². The molecule has 0 aliphatic carbocycles. The van der Waals surface area contributed by atoms with Crippen molar-refractivity contribution in [2.75, 3.05) is 0 Å². The zero-order chi connectivity index (χ0) is 15.0. The molecule has 0 fully saturated rings. The van der Waals surface area contributed by atoms with Gasteiger partial charge in [0.05, 0.1) is 10.8 Å². The van der Waals surface area contributed by atoms with Crippen LogP contribution in [-0.2, 0) is 4.79 Å². The number of aliphatic carboxylic acids is 1. The number of fused-ring (bicyclic) bond motifs is 1. The van der Waals surface area contributed by atoms with E-state index in [9.17, 15) is 24.2 Å². The number of halogens is 1. The Morgan fingerprint density at radius 1 is 1.35 bits per heavy atom. The first-order valence-electron chi connectivity index (χ1n) is 5.71. The largest absolute Gasteiger partial charge is 0.504 e. The van der Waals surface area contributed by atoms with Crippen LogP contribution in [0.25, 0.3) is 10.1 Å². The molecule has 1 unspecified atom stereocenters. The number of benzene rings is 1. The summed E-state index contributed by atoms with van der Waals surface area (Å²) < 4.78 is 14.0. The summed E-state index contributed by atoms with van der Waals surface area (Å²) in [7, 11) is 0. The molecule has 0 amide bonds. The van der Waals surface area contributed by atoms with E-state index in [0.717, 1.165) is 17.4 Å². The van der Waals surface area contributed by atoms with Gasteiger partial charge >= 0.3 is 5.97 Å². The Labute approximate surface area is 116 Å². The van der Waals surface area contributed by atoms with Crippen molar-refractivity contribution < 1.29 is 29.3 Å². The second kappa shape index (κ2) is 5.09. The average Bonchev–Trinajstić information content (AvgIpc) is 2.80. The molecule has 106 valence electrons. The summed E-state index contributed by atoms with van der Waals surface area (Å²) in [6.07, 6.45) is -0.193. The number of carboxylic acid groups (broad SMARTS) is 1. The first-order valence-corrected chi connectivity index (χ1v) is 6.53. The monoisotopic (exact) mass is 298 g/mol. The maximum absolute atomic E-state index is 13.7. The highest BCUT2D eigenvalue weighted by molar-refractivity contribution is 7.20. The van der Waals surface area contributed by atoms with Gasteiger partial charge in [-0.3, -0.25) is 9.59 Å². The van der Waals surface area contributed by atoms with Crippen molar-refractivity contribution in [2.24, 2.45) is 5.92 Å². The van der Waals surface area contributed by atoms with E-state index in [1.165, 1.54) is 13.0 Å². The second-order valence-corrected chi connectivity index (χ2v) is 5.53. The first kappa shape index (κ1) is 14.3. The second-order valence-electron chi connectivity index (χ2n) is 4.45. The van der Waals surface area contributed by atoms with E-state index in [2.05, 4.69) is 0 Å². The number of carbonyl (C=O) groups is 2. The minimum absolute atomic E-state index is 0.0247. The Bertz CT molecular complexity index is 706. The molecular weight excluding hydrogens is 287 g/mol.